The second-order valence-corrected chi connectivity index (χ2v) is 8.63. The van der Waals surface area contributed by atoms with Gasteiger partial charge in [0.25, 0.3) is 16.0 Å². The lowest BCUT2D eigenvalue weighted by atomic mass is 9.91. The van der Waals surface area contributed by atoms with Crippen LogP contribution in [0.5, 0.6) is 0 Å². The van der Waals surface area contributed by atoms with E-state index in [0.717, 1.165) is 35.9 Å². The van der Waals surface area contributed by atoms with Crippen molar-refractivity contribution in [2.24, 2.45) is 5.73 Å². The third kappa shape index (κ3) is 5.05. The van der Waals surface area contributed by atoms with Gasteiger partial charge in [0.1, 0.15) is 5.69 Å². The molecule has 0 unspecified atom stereocenters. The van der Waals surface area contributed by atoms with E-state index in [-0.39, 0.29) is 11.9 Å². The number of hydrogen-bond acceptors (Lipinski definition) is 4. The molecule has 0 bridgehead atoms. The van der Waals surface area contributed by atoms with Gasteiger partial charge in [0.05, 0.1) is 6.26 Å². The smallest absolute Gasteiger partial charge is 0.274 e. The molecule has 1 aliphatic rings. The number of hydrogen-bond donors (Lipinski definition) is 4. The van der Waals surface area contributed by atoms with Crippen LogP contribution in [0.3, 0.4) is 0 Å². The largest absolute Gasteiger partial charge is 0.370 e. The number of carbonyl (C=O) groups is 1. The summed E-state index contributed by atoms with van der Waals surface area (Å²) in [6.45, 7) is 0.613. The topological polar surface area (TPSA) is 138 Å². The summed E-state index contributed by atoms with van der Waals surface area (Å²) < 4.78 is 27.9. The van der Waals surface area contributed by atoms with Gasteiger partial charge in [-0.3, -0.25) is 20.1 Å². The zero-order chi connectivity index (χ0) is 21.9. The molecule has 1 aromatic heterocycles. The number of nitrogens with one attached hydrogen (secondary N) is 2. The number of nitrogens with two attached hydrogens (primary N) is 1. The van der Waals surface area contributed by atoms with Crippen LogP contribution in [0.25, 0.3) is 10.9 Å². The van der Waals surface area contributed by atoms with Crippen LogP contribution < -0.4 is 11.1 Å². The SMILES string of the molecule is CS(=O)(=O)O.N=C(N)NC(=O)c1c2c3c(cccc3n1Cc1ccccc1)CCC2. The molecule has 0 atom stereocenters. The monoisotopic (exact) mass is 428 g/mol. The van der Waals surface area contributed by atoms with Crippen molar-refractivity contribution in [3.8, 4) is 0 Å². The predicted octanol–water partition coefficient (Wildman–Crippen LogP) is 2.31. The molecule has 8 nitrogen and oxygen atoms in total. The molecule has 4 rings (SSSR count). The van der Waals surface area contributed by atoms with Crippen molar-refractivity contribution >= 4 is 32.9 Å². The highest BCUT2D eigenvalue weighted by atomic mass is 32.2. The van der Waals surface area contributed by atoms with E-state index in [0.29, 0.717) is 18.5 Å². The summed E-state index contributed by atoms with van der Waals surface area (Å²) in [7, 11) is -3.67. The summed E-state index contributed by atoms with van der Waals surface area (Å²) in [5.41, 5.74) is 10.6. The Balaban J connectivity index is 0.000000461. The number of carbonyl (C=O) groups excluding carboxylic acids is 1. The summed E-state index contributed by atoms with van der Waals surface area (Å²) in [4.78, 5) is 12.8. The van der Waals surface area contributed by atoms with Crippen molar-refractivity contribution in [2.45, 2.75) is 25.8 Å². The van der Waals surface area contributed by atoms with E-state index in [1.165, 1.54) is 10.9 Å². The molecule has 2 aromatic carbocycles. The fourth-order valence-corrected chi connectivity index (χ4v) is 3.84. The first-order valence-electron chi connectivity index (χ1n) is 9.40. The van der Waals surface area contributed by atoms with Gasteiger partial charge in [-0.2, -0.15) is 8.42 Å². The van der Waals surface area contributed by atoms with E-state index in [1.54, 1.807) is 0 Å². The Bertz CT molecular complexity index is 1190. The molecular weight excluding hydrogens is 404 g/mol. The number of nitrogens with zero attached hydrogens (tertiary/aromatic N) is 1. The lowest BCUT2D eigenvalue weighted by molar-refractivity contribution is 0.0967. The highest BCUT2D eigenvalue weighted by molar-refractivity contribution is 7.85. The van der Waals surface area contributed by atoms with E-state index >= 15 is 0 Å². The van der Waals surface area contributed by atoms with E-state index < -0.39 is 10.1 Å². The third-order valence-electron chi connectivity index (χ3n) is 4.80. The number of aromatic nitrogens is 1. The van der Waals surface area contributed by atoms with Gasteiger partial charge in [0, 0.05) is 17.4 Å². The first-order valence-corrected chi connectivity index (χ1v) is 11.2. The first-order chi connectivity index (χ1) is 14.1. The number of rotatable bonds is 3. The third-order valence-corrected chi connectivity index (χ3v) is 4.80. The van der Waals surface area contributed by atoms with Crippen LogP contribution in [-0.4, -0.2) is 35.7 Å². The van der Waals surface area contributed by atoms with Crippen LogP contribution in [-0.2, 0) is 29.5 Å². The Hall–Kier alpha value is -3.17. The summed E-state index contributed by atoms with van der Waals surface area (Å²) in [6, 6.07) is 16.4. The van der Waals surface area contributed by atoms with E-state index in [1.807, 2.05) is 18.2 Å². The molecule has 30 heavy (non-hydrogen) atoms. The Morgan fingerprint density at radius 3 is 2.47 bits per heavy atom. The van der Waals surface area contributed by atoms with Crippen molar-refractivity contribution < 1.29 is 17.8 Å². The minimum absolute atomic E-state index is 0.303. The molecule has 0 radical (unpaired) electrons. The van der Waals surface area contributed by atoms with Crippen molar-refractivity contribution in [2.75, 3.05) is 6.26 Å². The Labute approximate surface area is 175 Å². The van der Waals surface area contributed by atoms with Crippen molar-refractivity contribution in [3.05, 3.63) is 70.9 Å². The van der Waals surface area contributed by atoms with Gasteiger partial charge in [0.15, 0.2) is 5.96 Å². The maximum Gasteiger partial charge on any atom is 0.274 e. The molecule has 5 N–H and O–H groups in total. The maximum absolute atomic E-state index is 12.8. The molecule has 9 heteroatoms. The van der Waals surface area contributed by atoms with Crippen LogP contribution in [0.15, 0.2) is 48.5 Å². The molecule has 0 spiro atoms. The molecule has 0 fully saturated rings. The normalized spacial score (nSPS) is 12.7. The molecule has 0 saturated carbocycles. The standard InChI is InChI=1S/C20H20N4O.CH4O3S/c21-20(22)23-19(25)18-15-10-4-8-14-9-5-11-16(17(14)15)24(18)12-13-6-2-1-3-7-13;1-5(2,3)4/h1-3,5-7,9,11H,4,8,10,12H2,(H4,21,22,23,25);1H3,(H,2,3,4). The van der Waals surface area contributed by atoms with Crippen molar-refractivity contribution in [1.82, 2.24) is 9.88 Å². The van der Waals surface area contributed by atoms with Gasteiger partial charge in [-0.05, 0) is 42.0 Å². The predicted molar refractivity (Wildman–Crippen MR) is 116 cm³/mol. The molecule has 1 amide bonds. The van der Waals surface area contributed by atoms with E-state index in [2.05, 4.69) is 40.2 Å². The Morgan fingerprint density at radius 1 is 1.17 bits per heavy atom. The second-order valence-electron chi connectivity index (χ2n) is 7.16. The van der Waals surface area contributed by atoms with E-state index in [4.69, 9.17) is 15.7 Å². The van der Waals surface area contributed by atoms with Gasteiger partial charge in [-0.25, -0.2) is 0 Å². The van der Waals surface area contributed by atoms with Crippen LogP contribution in [0.1, 0.15) is 33.6 Å². The van der Waals surface area contributed by atoms with Crippen LogP contribution >= 0.6 is 0 Å². The van der Waals surface area contributed by atoms with Crippen molar-refractivity contribution in [3.63, 3.8) is 0 Å². The minimum Gasteiger partial charge on any atom is -0.370 e. The maximum atomic E-state index is 12.8. The van der Waals surface area contributed by atoms with E-state index in [9.17, 15) is 13.2 Å². The Kier molecular flexibility index (Phi) is 6.23. The van der Waals surface area contributed by atoms with Crippen LogP contribution in [0.4, 0.5) is 0 Å². The molecule has 0 aliphatic heterocycles. The number of benzene rings is 2. The minimum atomic E-state index is -3.67. The number of aryl methyl sites for hydroxylation is 2. The van der Waals surface area contributed by atoms with Gasteiger partial charge in [-0.15, -0.1) is 0 Å². The zero-order valence-electron chi connectivity index (χ0n) is 16.6. The Morgan fingerprint density at radius 2 is 1.83 bits per heavy atom. The average molecular weight is 429 g/mol. The molecular formula is C21H24N4O4S. The fourth-order valence-electron chi connectivity index (χ4n) is 3.84. The van der Waals surface area contributed by atoms with Crippen LogP contribution in [0, 0.1) is 5.41 Å². The second kappa shape index (κ2) is 8.68. The highest BCUT2D eigenvalue weighted by Crippen LogP contribution is 2.35. The molecule has 1 aliphatic carbocycles. The summed E-state index contributed by atoms with van der Waals surface area (Å²) in [5.74, 6) is -0.632. The van der Waals surface area contributed by atoms with Gasteiger partial charge < -0.3 is 10.3 Å². The van der Waals surface area contributed by atoms with Gasteiger partial charge in [-0.1, -0.05) is 42.5 Å². The summed E-state index contributed by atoms with van der Waals surface area (Å²) in [5, 5.41) is 11.1. The van der Waals surface area contributed by atoms with Gasteiger partial charge in [0.2, 0.25) is 0 Å². The zero-order valence-corrected chi connectivity index (χ0v) is 17.4. The summed E-state index contributed by atoms with van der Waals surface area (Å²) >= 11 is 0. The highest BCUT2D eigenvalue weighted by Gasteiger charge is 2.26. The quantitative estimate of drug-likeness (QED) is 0.288. The molecule has 0 saturated heterocycles. The lowest BCUT2D eigenvalue weighted by Gasteiger charge is -2.13. The van der Waals surface area contributed by atoms with Crippen LogP contribution in [0.2, 0.25) is 0 Å². The molecule has 1 heterocycles. The fraction of sp³-hybridized carbons (Fsp3) is 0.238. The van der Waals surface area contributed by atoms with Gasteiger partial charge >= 0.3 is 0 Å². The molecule has 158 valence electrons. The number of amides is 1. The van der Waals surface area contributed by atoms with Crippen molar-refractivity contribution in [1.29, 1.82) is 5.41 Å². The summed E-state index contributed by atoms with van der Waals surface area (Å²) in [6.07, 6.45) is 3.65. The lowest BCUT2D eigenvalue weighted by Crippen LogP contribution is -2.37. The number of guanidine groups is 1. The average Bonchev–Trinajstić information content (AvgIpc) is 2.97. The first kappa shape index (κ1) is 21.5. The molecule has 3 aromatic rings.